The van der Waals surface area contributed by atoms with Crippen molar-refractivity contribution < 1.29 is 26.7 Å². The van der Waals surface area contributed by atoms with Crippen molar-refractivity contribution in [3.63, 3.8) is 0 Å². The van der Waals surface area contributed by atoms with Gasteiger partial charge >= 0.3 is 0 Å². The monoisotopic (exact) mass is 362 g/mol. The van der Waals surface area contributed by atoms with Crippen LogP contribution < -0.4 is 9.46 Å². The first-order chi connectivity index (χ1) is 10.7. The highest BCUT2D eigenvalue weighted by Crippen LogP contribution is 2.26. The zero-order valence-corrected chi connectivity index (χ0v) is 13.1. The summed E-state index contributed by atoms with van der Waals surface area (Å²) in [4.78, 5) is 15.3. The number of ether oxygens (including phenoxy) is 1. The Morgan fingerprint density at radius 1 is 1.26 bits per heavy atom. The van der Waals surface area contributed by atoms with Crippen LogP contribution in [-0.4, -0.2) is 25.6 Å². The molecule has 0 radical (unpaired) electrons. The van der Waals surface area contributed by atoms with Crippen molar-refractivity contribution in [3.05, 3.63) is 52.7 Å². The van der Waals surface area contributed by atoms with E-state index in [2.05, 4.69) is 4.98 Å². The minimum Gasteiger partial charge on any atom is -0.436 e. The van der Waals surface area contributed by atoms with Crippen LogP contribution in [0.25, 0.3) is 0 Å². The Morgan fingerprint density at radius 3 is 2.52 bits per heavy atom. The van der Waals surface area contributed by atoms with Crippen molar-refractivity contribution in [1.82, 2.24) is 9.71 Å². The molecular weight excluding hydrogens is 354 g/mol. The van der Waals surface area contributed by atoms with E-state index < -0.39 is 38.9 Å². The fraction of sp³-hybridized carbons (Fsp3) is 0.0769. The molecule has 0 fully saturated rings. The van der Waals surface area contributed by atoms with Crippen molar-refractivity contribution in [2.24, 2.45) is 0 Å². The average molecular weight is 363 g/mol. The summed E-state index contributed by atoms with van der Waals surface area (Å²) in [5.41, 5.74) is -0.774. The maximum Gasteiger partial charge on any atom is 0.267 e. The zero-order chi connectivity index (χ0) is 17.2. The van der Waals surface area contributed by atoms with Gasteiger partial charge in [-0.2, -0.15) is 0 Å². The Kier molecular flexibility index (Phi) is 4.81. The van der Waals surface area contributed by atoms with Gasteiger partial charge in [-0.1, -0.05) is 11.6 Å². The average Bonchev–Trinajstić information content (AvgIpc) is 2.43. The summed E-state index contributed by atoms with van der Waals surface area (Å²) in [6.07, 6.45) is 1.96. The van der Waals surface area contributed by atoms with Crippen LogP contribution in [0.1, 0.15) is 10.4 Å². The van der Waals surface area contributed by atoms with Gasteiger partial charge in [0.05, 0.1) is 16.8 Å². The molecule has 0 unspecified atom stereocenters. The maximum atomic E-state index is 13.9. The number of hydrogen-bond acceptors (Lipinski definition) is 5. The molecule has 6 nitrogen and oxygen atoms in total. The Morgan fingerprint density at radius 2 is 1.96 bits per heavy atom. The van der Waals surface area contributed by atoms with Gasteiger partial charge in [-0.05, 0) is 12.1 Å². The number of benzene rings is 1. The molecule has 1 N–H and O–H groups in total. The van der Waals surface area contributed by atoms with Crippen molar-refractivity contribution in [2.75, 3.05) is 6.26 Å². The van der Waals surface area contributed by atoms with Gasteiger partial charge < -0.3 is 4.74 Å². The number of aromatic nitrogens is 1. The summed E-state index contributed by atoms with van der Waals surface area (Å²) in [5.74, 6) is -4.08. The molecule has 2 aromatic rings. The number of hydrogen-bond donors (Lipinski definition) is 1. The molecule has 0 saturated heterocycles. The number of sulfonamides is 1. The van der Waals surface area contributed by atoms with Crippen LogP contribution in [0.4, 0.5) is 8.78 Å². The third-order valence-corrected chi connectivity index (χ3v) is 3.24. The van der Waals surface area contributed by atoms with Crippen molar-refractivity contribution in [2.45, 2.75) is 0 Å². The van der Waals surface area contributed by atoms with Crippen LogP contribution in [0.2, 0.25) is 5.02 Å². The van der Waals surface area contributed by atoms with E-state index in [0.717, 1.165) is 0 Å². The molecule has 122 valence electrons. The van der Waals surface area contributed by atoms with E-state index in [-0.39, 0.29) is 5.88 Å². The van der Waals surface area contributed by atoms with Crippen LogP contribution >= 0.6 is 11.6 Å². The van der Waals surface area contributed by atoms with Gasteiger partial charge in [-0.15, -0.1) is 0 Å². The van der Waals surface area contributed by atoms with Gasteiger partial charge in [0.2, 0.25) is 15.9 Å². The Labute approximate surface area is 135 Å². The van der Waals surface area contributed by atoms with Crippen LogP contribution in [0.15, 0.2) is 30.5 Å². The highest BCUT2D eigenvalue weighted by molar-refractivity contribution is 7.89. The molecule has 0 saturated carbocycles. The van der Waals surface area contributed by atoms with Gasteiger partial charge in [-0.25, -0.2) is 26.9 Å². The normalized spacial score (nSPS) is 11.1. The largest absolute Gasteiger partial charge is 0.436 e. The van der Waals surface area contributed by atoms with E-state index in [1.807, 2.05) is 0 Å². The predicted octanol–water partition coefficient (Wildman–Crippen LogP) is 2.49. The molecule has 1 amide bonds. The number of nitrogens with zero attached hydrogens (tertiary/aromatic N) is 1. The molecule has 23 heavy (non-hydrogen) atoms. The van der Waals surface area contributed by atoms with Gasteiger partial charge in [0.1, 0.15) is 5.82 Å². The molecule has 0 aliphatic heterocycles. The maximum absolute atomic E-state index is 13.9. The predicted molar refractivity (Wildman–Crippen MR) is 78.0 cm³/mol. The van der Waals surface area contributed by atoms with E-state index >= 15 is 0 Å². The third-order valence-electron chi connectivity index (χ3n) is 2.46. The molecular formula is C13H9ClF2N2O4S. The van der Waals surface area contributed by atoms with E-state index in [9.17, 15) is 22.0 Å². The van der Waals surface area contributed by atoms with Crippen LogP contribution in [0, 0.1) is 11.6 Å². The van der Waals surface area contributed by atoms with E-state index in [4.69, 9.17) is 16.3 Å². The number of amides is 1. The SMILES string of the molecule is CS(=O)(=O)NC(=O)c1cc(F)c(Oc2ccc(Cl)cn2)cc1F. The van der Waals surface area contributed by atoms with Gasteiger partial charge in [0.25, 0.3) is 5.91 Å². The topological polar surface area (TPSA) is 85.4 Å². The lowest BCUT2D eigenvalue weighted by Gasteiger charge is -2.09. The molecule has 0 aliphatic rings. The highest BCUT2D eigenvalue weighted by Gasteiger charge is 2.20. The lowest BCUT2D eigenvalue weighted by Crippen LogP contribution is -2.30. The molecule has 1 aromatic heterocycles. The van der Waals surface area contributed by atoms with Crippen molar-refractivity contribution >= 4 is 27.5 Å². The van der Waals surface area contributed by atoms with Crippen LogP contribution in [-0.2, 0) is 10.0 Å². The number of rotatable bonds is 4. The summed E-state index contributed by atoms with van der Waals surface area (Å²) in [7, 11) is -3.91. The summed E-state index contributed by atoms with van der Waals surface area (Å²) < 4.78 is 56.3. The number of nitrogens with one attached hydrogen (secondary N) is 1. The minimum absolute atomic E-state index is 0.0407. The first-order valence-corrected chi connectivity index (χ1v) is 8.23. The van der Waals surface area contributed by atoms with E-state index in [0.29, 0.717) is 23.4 Å². The van der Waals surface area contributed by atoms with Crippen molar-refractivity contribution in [3.8, 4) is 11.6 Å². The molecule has 1 aromatic carbocycles. The summed E-state index contributed by atoms with van der Waals surface area (Å²) in [6, 6.07) is 3.92. The first kappa shape index (κ1) is 17.1. The number of pyridine rings is 1. The number of halogens is 3. The Bertz CT molecular complexity index is 857. The quantitative estimate of drug-likeness (QED) is 0.903. The molecule has 0 atom stereocenters. The standard InChI is InChI=1S/C13H9ClF2N2O4S/c1-23(20,21)18-13(19)8-4-10(16)11(5-9(8)15)22-12-3-2-7(14)6-17-12/h2-6H,1H3,(H,18,19). The Balaban J connectivity index is 2.30. The van der Waals surface area contributed by atoms with Gasteiger partial charge in [0, 0.05) is 18.3 Å². The van der Waals surface area contributed by atoms with Crippen LogP contribution in [0.5, 0.6) is 11.6 Å². The highest BCUT2D eigenvalue weighted by atomic mass is 35.5. The number of carbonyl (C=O) groups is 1. The first-order valence-electron chi connectivity index (χ1n) is 5.96. The van der Waals surface area contributed by atoms with Crippen LogP contribution in [0.3, 0.4) is 0 Å². The molecule has 1 heterocycles. The van der Waals surface area contributed by atoms with E-state index in [1.165, 1.54) is 23.1 Å². The lowest BCUT2D eigenvalue weighted by atomic mass is 10.2. The fourth-order valence-electron chi connectivity index (χ4n) is 1.54. The second kappa shape index (κ2) is 6.47. The molecule has 2 rings (SSSR count). The lowest BCUT2D eigenvalue weighted by molar-refractivity contribution is 0.0977. The summed E-state index contributed by atoms with van der Waals surface area (Å²) in [5, 5.41) is 0.330. The smallest absolute Gasteiger partial charge is 0.267 e. The fourth-order valence-corrected chi connectivity index (χ4v) is 2.10. The van der Waals surface area contributed by atoms with E-state index in [1.54, 1.807) is 0 Å². The second-order valence-electron chi connectivity index (χ2n) is 4.38. The van der Waals surface area contributed by atoms with Gasteiger partial charge in [-0.3, -0.25) is 4.79 Å². The zero-order valence-electron chi connectivity index (χ0n) is 11.5. The molecule has 0 spiro atoms. The molecule has 0 bridgehead atoms. The Hall–Kier alpha value is -2.26. The third kappa shape index (κ3) is 4.60. The second-order valence-corrected chi connectivity index (χ2v) is 6.57. The summed E-state index contributed by atoms with van der Waals surface area (Å²) >= 11 is 5.63. The molecule has 0 aliphatic carbocycles. The number of carbonyl (C=O) groups excluding carboxylic acids is 1. The van der Waals surface area contributed by atoms with Gasteiger partial charge in [0.15, 0.2) is 11.6 Å². The van der Waals surface area contributed by atoms with Crippen molar-refractivity contribution in [1.29, 1.82) is 0 Å². The summed E-state index contributed by atoms with van der Waals surface area (Å²) in [6.45, 7) is 0. The molecule has 10 heteroatoms. The minimum atomic E-state index is -3.91.